The van der Waals surface area contributed by atoms with E-state index in [0.29, 0.717) is 6.42 Å². The van der Waals surface area contributed by atoms with Crippen molar-refractivity contribution in [1.82, 2.24) is 0 Å². The summed E-state index contributed by atoms with van der Waals surface area (Å²) in [6.45, 7) is 2.07. The van der Waals surface area contributed by atoms with Gasteiger partial charge in [0.1, 0.15) is 0 Å². The molecule has 0 radical (unpaired) electrons. The maximum absolute atomic E-state index is 12.0. The Morgan fingerprint density at radius 2 is 1.37 bits per heavy atom. The number of aryl methyl sites for hydroxylation is 4. The third-order valence-electron chi connectivity index (χ3n) is 4.77. The Kier molecular flexibility index (Phi) is 5.55. The van der Waals surface area contributed by atoms with Crippen LogP contribution in [-0.4, -0.2) is 21.8 Å². The maximum atomic E-state index is 12.0. The summed E-state index contributed by atoms with van der Waals surface area (Å²) < 4.78 is 0. The van der Waals surface area contributed by atoms with Crippen LogP contribution in [0, 0.1) is 6.92 Å². The van der Waals surface area contributed by atoms with Gasteiger partial charge >= 0.3 is 0 Å². The van der Waals surface area contributed by atoms with Gasteiger partial charge in [0, 0.05) is 11.6 Å². The van der Waals surface area contributed by atoms with E-state index >= 15 is 0 Å². The number of ketones is 2. The number of allylic oxidation sites excluding steroid dienone is 2. The summed E-state index contributed by atoms with van der Waals surface area (Å²) in [6, 6.07) is 16.6. The van der Waals surface area contributed by atoms with Crippen LogP contribution in [0.25, 0.3) is 0 Å². The van der Waals surface area contributed by atoms with Crippen LogP contribution in [0.5, 0.6) is 0 Å². The van der Waals surface area contributed by atoms with Gasteiger partial charge in [-0.1, -0.05) is 54.1 Å². The summed E-state index contributed by atoms with van der Waals surface area (Å²) in [5.41, 5.74) is 4.72. The number of aliphatic hydroxyl groups excluding tert-OH is 2. The van der Waals surface area contributed by atoms with E-state index in [1.807, 2.05) is 12.1 Å². The van der Waals surface area contributed by atoms with Gasteiger partial charge in [0.25, 0.3) is 0 Å². The molecule has 0 amide bonds. The van der Waals surface area contributed by atoms with Crippen LogP contribution >= 0.6 is 0 Å². The van der Waals surface area contributed by atoms with Crippen molar-refractivity contribution in [3.63, 3.8) is 0 Å². The van der Waals surface area contributed by atoms with Gasteiger partial charge in [-0.2, -0.15) is 0 Å². The van der Waals surface area contributed by atoms with Crippen LogP contribution in [-0.2, 0) is 28.9 Å². The fourth-order valence-corrected chi connectivity index (χ4v) is 3.15. The molecule has 0 atom stereocenters. The summed E-state index contributed by atoms with van der Waals surface area (Å²) in [5.74, 6) is -2.58. The van der Waals surface area contributed by atoms with E-state index in [9.17, 15) is 19.8 Å². The highest BCUT2D eigenvalue weighted by Crippen LogP contribution is 2.21. The molecule has 2 aromatic rings. The van der Waals surface area contributed by atoms with Gasteiger partial charge < -0.3 is 10.2 Å². The number of carbonyl (C=O) groups is 2. The molecule has 0 bridgehead atoms. The van der Waals surface area contributed by atoms with Crippen LogP contribution in [0.15, 0.2) is 71.7 Å². The first-order valence-corrected chi connectivity index (χ1v) is 8.99. The van der Waals surface area contributed by atoms with E-state index in [1.165, 1.54) is 16.7 Å². The molecule has 2 N–H and O–H groups in total. The molecule has 3 rings (SSSR count). The lowest BCUT2D eigenvalue weighted by Crippen LogP contribution is -2.19. The Morgan fingerprint density at radius 3 is 2.04 bits per heavy atom. The number of benzene rings is 2. The molecule has 0 heterocycles. The summed E-state index contributed by atoms with van der Waals surface area (Å²) in [7, 11) is 0. The minimum Gasteiger partial charge on any atom is -0.504 e. The number of aliphatic hydroxyl groups is 2. The molecular formula is C23H22O4. The molecule has 2 aromatic carbocycles. The molecule has 27 heavy (non-hydrogen) atoms. The van der Waals surface area contributed by atoms with Crippen molar-refractivity contribution in [2.45, 2.75) is 32.6 Å². The average Bonchev–Trinajstić information content (AvgIpc) is 2.66. The van der Waals surface area contributed by atoms with Crippen LogP contribution in [0.3, 0.4) is 0 Å². The number of rotatable bonds is 6. The molecule has 4 nitrogen and oxygen atoms in total. The van der Waals surface area contributed by atoms with E-state index in [1.54, 1.807) is 0 Å². The van der Waals surface area contributed by atoms with Crippen molar-refractivity contribution in [2.24, 2.45) is 0 Å². The van der Waals surface area contributed by atoms with E-state index in [2.05, 4.69) is 43.3 Å². The van der Waals surface area contributed by atoms with Gasteiger partial charge in [-0.3, -0.25) is 9.59 Å². The smallest absolute Gasteiger partial charge is 0.227 e. The molecule has 0 saturated heterocycles. The molecule has 0 aliphatic heterocycles. The SMILES string of the molecule is Cc1ccc(CCc2cccc(CCC3=C(O)C(=O)C=C(O)C3=O)c2)cc1. The molecule has 0 spiro atoms. The Morgan fingerprint density at radius 1 is 0.778 bits per heavy atom. The molecular weight excluding hydrogens is 340 g/mol. The Balaban J connectivity index is 1.64. The summed E-state index contributed by atoms with van der Waals surface area (Å²) >= 11 is 0. The predicted octanol–water partition coefficient (Wildman–Crippen LogP) is 4.12. The fourth-order valence-electron chi connectivity index (χ4n) is 3.15. The third kappa shape index (κ3) is 4.53. The first-order chi connectivity index (χ1) is 12.9. The van der Waals surface area contributed by atoms with E-state index < -0.39 is 23.1 Å². The second-order valence-electron chi connectivity index (χ2n) is 6.86. The van der Waals surface area contributed by atoms with Crippen LogP contribution in [0.2, 0.25) is 0 Å². The van der Waals surface area contributed by atoms with Gasteiger partial charge in [0.05, 0.1) is 0 Å². The van der Waals surface area contributed by atoms with Crippen molar-refractivity contribution in [1.29, 1.82) is 0 Å². The lowest BCUT2D eigenvalue weighted by atomic mass is 9.93. The van der Waals surface area contributed by atoms with E-state index in [0.717, 1.165) is 24.5 Å². The lowest BCUT2D eigenvalue weighted by Gasteiger charge is -2.13. The summed E-state index contributed by atoms with van der Waals surface area (Å²) in [5, 5.41) is 19.4. The third-order valence-corrected chi connectivity index (χ3v) is 4.77. The number of hydrogen-bond acceptors (Lipinski definition) is 4. The molecule has 0 aromatic heterocycles. The van der Waals surface area contributed by atoms with E-state index in [-0.39, 0.29) is 12.0 Å². The maximum Gasteiger partial charge on any atom is 0.227 e. The Bertz CT molecular complexity index is 933. The molecule has 0 unspecified atom stereocenters. The van der Waals surface area contributed by atoms with Crippen molar-refractivity contribution in [3.05, 3.63) is 94.0 Å². The molecule has 1 aliphatic rings. The Hall–Kier alpha value is -3.14. The monoisotopic (exact) mass is 362 g/mol. The zero-order valence-corrected chi connectivity index (χ0v) is 15.2. The Labute approximate surface area is 158 Å². The van der Waals surface area contributed by atoms with Gasteiger partial charge in [-0.15, -0.1) is 0 Å². The first-order valence-electron chi connectivity index (χ1n) is 8.99. The fraction of sp³-hybridized carbons (Fsp3) is 0.217. The number of carbonyl (C=O) groups excluding carboxylic acids is 2. The summed E-state index contributed by atoms with van der Waals surface area (Å²) in [6.07, 6.45) is 3.32. The van der Waals surface area contributed by atoms with Crippen molar-refractivity contribution < 1.29 is 19.8 Å². The van der Waals surface area contributed by atoms with Crippen LogP contribution in [0.4, 0.5) is 0 Å². The average molecular weight is 362 g/mol. The number of Topliss-reactive ketones (excluding diaryl/α,β-unsaturated/α-hetero) is 1. The van der Waals surface area contributed by atoms with Crippen molar-refractivity contribution in [2.75, 3.05) is 0 Å². The number of hydrogen-bond donors (Lipinski definition) is 2. The van der Waals surface area contributed by atoms with Gasteiger partial charge in [0.2, 0.25) is 11.6 Å². The quantitative estimate of drug-likeness (QED) is 0.758. The second-order valence-corrected chi connectivity index (χ2v) is 6.86. The minimum absolute atomic E-state index is 0.0231. The molecule has 4 heteroatoms. The molecule has 138 valence electrons. The summed E-state index contributed by atoms with van der Waals surface area (Å²) in [4.78, 5) is 23.5. The standard InChI is InChI=1S/C23H22O4/c1-15-5-7-16(8-6-15)9-10-17-3-2-4-18(13-17)11-12-19-22(26)20(24)14-21(25)23(19)27/h2-8,13-14,24,27H,9-12H2,1H3. The van der Waals surface area contributed by atoms with E-state index in [4.69, 9.17) is 0 Å². The largest absolute Gasteiger partial charge is 0.504 e. The topological polar surface area (TPSA) is 74.6 Å². The highest BCUT2D eigenvalue weighted by atomic mass is 16.3. The molecule has 1 aliphatic carbocycles. The van der Waals surface area contributed by atoms with Gasteiger partial charge in [-0.25, -0.2) is 0 Å². The van der Waals surface area contributed by atoms with Crippen LogP contribution in [0.1, 0.15) is 28.7 Å². The van der Waals surface area contributed by atoms with Gasteiger partial charge in [0.15, 0.2) is 11.5 Å². The zero-order valence-electron chi connectivity index (χ0n) is 15.2. The normalized spacial score (nSPS) is 14.5. The van der Waals surface area contributed by atoms with Crippen molar-refractivity contribution in [3.8, 4) is 0 Å². The highest BCUT2D eigenvalue weighted by Gasteiger charge is 2.27. The lowest BCUT2D eigenvalue weighted by molar-refractivity contribution is -0.119. The second kappa shape index (κ2) is 8.04. The zero-order chi connectivity index (χ0) is 19.4. The molecule has 0 fully saturated rings. The highest BCUT2D eigenvalue weighted by molar-refractivity contribution is 6.20. The first kappa shape index (κ1) is 18.6. The van der Waals surface area contributed by atoms with Crippen LogP contribution < -0.4 is 0 Å². The van der Waals surface area contributed by atoms with Crippen molar-refractivity contribution >= 4 is 11.6 Å². The molecule has 0 saturated carbocycles. The van der Waals surface area contributed by atoms with Gasteiger partial charge in [-0.05, 0) is 49.3 Å². The minimum atomic E-state index is -0.728. The predicted molar refractivity (Wildman–Crippen MR) is 104 cm³/mol.